The second-order valence-electron chi connectivity index (χ2n) is 6.72. The van der Waals surface area contributed by atoms with Crippen LogP contribution in [-0.4, -0.2) is 41.1 Å². The molecule has 1 aromatic carbocycles. The molecular weight excluding hydrogens is 380 g/mol. The van der Waals surface area contributed by atoms with Crippen molar-refractivity contribution < 1.29 is 8.42 Å². The molecule has 0 spiro atoms. The maximum absolute atomic E-state index is 12.9. The molecule has 1 aromatic heterocycles. The second-order valence-corrected chi connectivity index (χ2v) is 9.72. The Hall–Kier alpha value is -1.56. The Bertz CT molecular complexity index is 925. The third-order valence-electron chi connectivity index (χ3n) is 4.87. The molecule has 1 saturated heterocycles. The molecule has 1 aliphatic heterocycles. The van der Waals surface area contributed by atoms with Gasteiger partial charge >= 0.3 is 0 Å². The number of hydrogen-bond donors (Lipinski definition) is 0. The predicted octanol–water partition coefficient (Wildman–Crippen LogP) is 4.02. The zero-order valence-corrected chi connectivity index (χ0v) is 17.4. The summed E-state index contributed by atoms with van der Waals surface area (Å²) < 4.78 is 29.6. The molecule has 2 heterocycles. The summed E-state index contributed by atoms with van der Waals surface area (Å²) in [6.45, 7) is 4.07. The smallest absolute Gasteiger partial charge is 0.243 e. The van der Waals surface area contributed by atoms with E-state index in [-0.39, 0.29) is 0 Å². The van der Waals surface area contributed by atoms with E-state index in [1.807, 2.05) is 6.07 Å². The number of thioether (sulfide) groups is 1. The monoisotopic (exact) mass is 406 g/mol. The minimum atomic E-state index is -3.44. The lowest BCUT2D eigenvalue weighted by Crippen LogP contribution is -2.35. The van der Waals surface area contributed by atoms with E-state index < -0.39 is 10.0 Å². The van der Waals surface area contributed by atoms with Crippen LogP contribution in [0.3, 0.4) is 0 Å². The summed E-state index contributed by atoms with van der Waals surface area (Å²) in [5.74, 6) is 0.907. The summed E-state index contributed by atoms with van der Waals surface area (Å²) in [5.41, 5.74) is 1.70. The third-order valence-corrected chi connectivity index (χ3v) is 7.83. The number of nitriles is 1. The Morgan fingerprint density at radius 3 is 2.70 bits per heavy atom. The van der Waals surface area contributed by atoms with Crippen LogP contribution >= 0.6 is 11.8 Å². The predicted molar refractivity (Wildman–Crippen MR) is 108 cm³/mol. The highest BCUT2D eigenvalue weighted by Gasteiger charge is 2.26. The quantitative estimate of drug-likeness (QED) is 0.489. The van der Waals surface area contributed by atoms with Gasteiger partial charge in [-0.15, -0.1) is 0 Å². The van der Waals surface area contributed by atoms with Crippen molar-refractivity contribution in [2.75, 3.05) is 18.8 Å². The number of sulfonamides is 1. The summed E-state index contributed by atoms with van der Waals surface area (Å²) in [6.07, 6.45) is 5.41. The van der Waals surface area contributed by atoms with Gasteiger partial charge in [-0.25, -0.2) is 13.4 Å². The van der Waals surface area contributed by atoms with E-state index >= 15 is 0 Å². The normalized spacial score (nSPS) is 15.9. The molecule has 0 amide bonds. The van der Waals surface area contributed by atoms with E-state index in [1.54, 1.807) is 28.2 Å². The first kappa shape index (κ1) is 20.2. The largest absolute Gasteiger partial charge is 0.319 e. The van der Waals surface area contributed by atoms with Crippen molar-refractivity contribution in [3.8, 4) is 6.07 Å². The average molecular weight is 407 g/mol. The first-order valence-electron chi connectivity index (χ1n) is 9.58. The van der Waals surface area contributed by atoms with E-state index in [4.69, 9.17) is 10.2 Å². The summed E-state index contributed by atoms with van der Waals surface area (Å²) >= 11 is 1.67. The number of nitrogens with zero attached hydrogens (tertiary/aromatic N) is 4. The van der Waals surface area contributed by atoms with Crippen LogP contribution in [0.5, 0.6) is 0 Å². The van der Waals surface area contributed by atoms with Gasteiger partial charge in [0.1, 0.15) is 0 Å². The second kappa shape index (κ2) is 9.09. The van der Waals surface area contributed by atoms with Crippen molar-refractivity contribution >= 4 is 32.8 Å². The number of rotatable bonds is 8. The standard InChI is InChI=1S/C19H26N4O2S2/c1-2-23-18-10-9-16(27(24,25)22-12-6-4-7-13-22)15-17(18)21-19(23)26-14-8-3-5-11-20/h9-10,15H,2-8,12-14H2,1H3. The minimum absolute atomic E-state index is 0.336. The van der Waals surface area contributed by atoms with Gasteiger partial charge < -0.3 is 4.57 Å². The number of piperidine rings is 1. The van der Waals surface area contributed by atoms with Gasteiger partial charge in [0.2, 0.25) is 10.0 Å². The molecule has 0 saturated carbocycles. The van der Waals surface area contributed by atoms with Crippen molar-refractivity contribution in [1.82, 2.24) is 13.9 Å². The number of aromatic nitrogens is 2. The molecule has 0 aliphatic carbocycles. The van der Waals surface area contributed by atoms with Gasteiger partial charge in [0.25, 0.3) is 0 Å². The number of hydrogen-bond acceptors (Lipinski definition) is 5. The molecule has 1 aliphatic rings. The highest BCUT2D eigenvalue weighted by Crippen LogP contribution is 2.28. The molecule has 146 valence electrons. The van der Waals surface area contributed by atoms with Crippen molar-refractivity contribution in [1.29, 1.82) is 5.26 Å². The molecule has 8 heteroatoms. The fourth-order valence-corrected chi connectivity index (χ4v) is 6.00. The Kier molecular flexibility index (Phi) is 6.79. The summed E-state index contributed by atoms with van der Waals surface area (Å²) in [5, 5.41) is 9.53. The van der Waals surface area contributed by atoms with Gasteiger partial charge in [-0.1, -0.05) is 18.2 Å². The zero-order valence-electron chi connectivity index (χ0n) is 15.7. The van der Waals surface area contributed by atoms with Gasteiger partial charge in [0.05, 0.1) is 22.0 Å². The average Bonchev–Trinajstić information content (AvgIpc) is 3.05. The molecule has 1 fully saturated rings. The molecule has 27 heavy (non-hydrogen) atoms. The number of imidazole rings is 1. The number of fused-ring (bicyclic) bond motifs is 1. The van der Waals surface area contributed by atoms with E-state index in [0.717, 1.165) is 60.6 Å². The molecular formula is C19H26N4O2S2. The van der Waals surface area contributed by atoms with Crippen LogP contribution < -0.4 is 0 Å². The van der Waals surface area contributed by atoms with Crippen LogP contribution in [0.25, 0.3) is 11.0 Å². The number of aryl methyl sites for hydroxylation is 1. The molecule has 0 N–H and O–H groups in total. The lowest BCUT2D eigenvalue weighted by atomic mass is 10.2. The van der Waals surface area contributed by atoms with Gasteiger partial charge in [-0.3, -0.25) is 0 Å². The highest BCUT2D eigenvalue weighted by molar-refractivity contribution is 7.99. The lowest BCUT2D eigenvalue weighted by molar-refractivity contribution is 0.346. The van der Waals surface area contributed by atoms with Gasteiger partial charge in [0.15, 0.2) is 5.16 Å². The van der Waals surface area contributed by atoms with Crippen LogP contribution in [0.15, 0.2) is 28.3 Å². The summed E-state index contributed by atoms with van der Waals surface area (Å²) in [7, 11) is -3.44. The van der Waals surface area contributed by atoms with Crippen molar-refractivity contribution in [2.24, 2.45) is 0 Å². The fraction of sp³-hybridized carbons (Fsp3) is 0.579. The first-order valence-corrected chi connectivity index (χ1v) is 12.0. The summed E-state index contributed by atoms with van der Waals surface area (Å²) in [4.78, 5) is 5.03. The van der Waals surface area contributed by atoms with Crippen molar-refractivity contribution in [3.63, 3.8) is 0 Å². The van der Waals surface area contributed by atoms with E-state index in [2.05, 4.69) is 17.6 Å². The Balaban J connectivity index is 1.83. The van der Waals surface area contributed by atoms with Crippen LogP contribution in [0, 0.1) is 11.3 Å². The molecule has 0 bridgehead atoms. The minimum Gasteiger partial charge on any atom is -0.319 e. The number of unbranched alkanes of at least 4 members (excludes halogenated alkanes) is 2. The van der Waals surface area contributed by atoms with Crippen molar-refractivity contribution in [3.05, 3.63) is 18.2 Å². The molecule has 3 rings (SSSR count). The SMILES string of the molecule is CCn1c(SCCCCC#N)nc2cc(S(=O)(=O)N3CCCCC3)ccc21. The van der Waals surface area contributed by atoms with Gasteiger partial charge in [-0.2, -0.15) is 9.57 Å². The van der Waals surface area contributed by atoms with Gasteiger partial charge in [-0.05, 0) is 50.8 Å². The molecule has 0 unspecified atom stereocenters. The van der Waals surface area contributed by atoms with Gasteiger partial charge in [0, 0.05) is 31.8 Å². The van der Waals surface area contributed by atoms with Crippen molar-refractivity contribution in [2.45, 2.75) is 62.0 Å². The molecule has 6 nitrogen and oxygen atoms in total. The lowest BCUT2D eigenvalue weighted by Gasteiger charge is -2.25. The molecule has 0 radical (unpaired) electrons. The number of benzene rings is 1. The van der Waals surface area contributed by atoms with Crippen LogP contribution in [0.1, 0.15) is 45.4 Å². The molecule has 2 aromatic rings. The third kappa shape index (κ3) is 4.48. The Labute approximate surface area is 165 Å². The Morgan fingerprint density at radius 1 is 1.22 bits per heavy atom. The topological polar surface area (TPSA) is 79.0 Å². The van der Waals surface area contributed by atoms with E-state index in [0.29, 0.717) is 24.4 Å². The maximum Gasteiger partial charge on any atom is 0.243 e. The van der Waals surface area contributed by atoms with E-state index in [9.17, 15) is 8.42 Å². The van der Waals surface area contributed by atoms with Crippen LogP contribution in [0.2, 0.25) is 0 Å². The fourth-order valence-electron chi connectivity index (χ4n) is 3.39. The Morgan fingerprint density at radius 2 is 2.00 bits per heavy atom. The summed E-state index contributed by atoms with van der Waals surface area (Å²) in [6, 6.07) is 7.47. The highest BCUT2D eigenvalue weighted by atomic mass is 32.2. The zero-order chi connectivity index (χ0) is 19.3. The maximum atomic E-state index is 12.9. The first-order chi connectivity index (χ1) is 13.1. The molecule has 0 atom stereocenters. The van der Waals surface area contributed by atoms with Crippen LogP contribution in [-0.2, 0) is 16.6 Å². The van der Waals surface area contributed by atoms with E-state index in [1.165, 1.54) is 0 Å². The van der Waals surface area contributed by atoms with Crippen LogP contribution in [0.4, 0.5) is 0 Å².